The van der Waals surface area contributed by atoms with Crippen molar-refractivity contribution in [1.82, 2.24) is 0 Å². The monoisotopic (exact) mass is 355 g/mol. The Morgan fingerprint density at radius 2 is 1.67 bits per heavy atom. The molecule has 0 aliphatic carbocycles. The maximum absolute atomic E-state index is 13.1. The zero-order valence-corrected chi connectivity index (χ0v) is 15.2. The van der Waals surface area contributed by atoms with Gasteiger partial charge in [0.1, 0.15) is 0 Å². The number of fused-ring (bicyclic) bond motifs is 1. The summed E-state index contributed by atoms with van der Waals surface area (Å²) in [4.78, 5) is 26.2. The van der Waals surface area contributed by atoms with Gasteiger partial charge in [-0.1, -0.05) is 78.4 Å². The normalized spacial score (nSPS) is 18.0. The molecule has 3 nitrogen and oxygen atoms in total. The molecule has 1 atom stereocenters. The maximum Gasteiger partial charge on any atom is 0.235 e. The molecule has 0 bridgehead atoms. The van der Waals surface area contributed by atoms with E-state index in [1.807, 2.05) is 79.7 Å². The molecule has 1 amide bonds. The Morgan fingerprint density at radius 1 is 0.926 bits per heavy atom. The Morgan fingerprint density at radius 3 is 2.44 bits per heavy atom. The number of hydrogen-bond acceptors (Lipinski definition) is 2. The molecule has 0 spiro atoms. The van der Waals surface area contributed by atoms with Crippen LogP contribution in [0.25, 0.3) is 0 Å². The van der Waals surface area contributed by atoms with Crippen LogP contribution in [-0.4, -0.2) is 11.7 Å². The summed E-state index contributed by atoms with van der Waals surface area (Å²) in [6, 6.07) is 25.0. The quantitative estimate of drug-likeness (QED) is 0.674. The van der Waals surface area contributed by atoms with Gasteiger partial charge >= 0.3 is 0 Å². The first-order valence-corrected chi connectivity index (χ1v) is 9.13. The van der Waals surface area contributed by atoms with Crippen molar-refractivity contribution in [1.29, 1.82) is 0 Å². The van der Waals surface area contributed by atoms with Crippen LogP contribution in [0.5, 0.6) is 0 Å². The van der Waals surface area contributed by atoms with Gasteiger partial charge in [-0.05, 0) is 30.5 Å². The van der Waals surface area contributed by atoms with Crippen LogP contribution in [0, 0.1) is 6.92 Å². The van der Waals surface area contributed by atoms with Crippen molar-refractivity contribution in [2.45, 2.75) is 25.2 Å². The summed E-state index contributed by atoms with van der Waals surface area (Å²) in [6.45, 7) is 2.04. The first-order chi connectivity index (χ1) is 13.1. The lowest BCUT2D eigenvalue weighted by Gasteiger charge is -2.27. The van der Waals surface area contributed by atoms with Crippen molar-refractivity contribution >= 4 is 17.4 Å². The number of benzene rings is 3. The number of carbonyl (C=O) groups is 2. The first-order valence-electron chi connectivity index (χ1n) is 9.13. The van der Waals surface area contributed by atoms with Gasteiger partial charge < -0.3 is 5.32 Å². The van der Waals surface area contributed by atoms with E-state index in [2.05, 4.69) is 11.4 Å². The molecule has 1 N–H and O–H groups in total. The predicted molar refractivity (Wildman–Crippen MR) is 107 cm³/mol. The van der Waals surface area contributed by atoms with Gasteiger partial charge in [-0.3, -0.25) is 9.59 Å². The highest BCUT2D eigenvalue weighted by Gasteiger charge is 2.48. The summed E-state index contributed by atoms with van der Waals surface area (Å²) in [6.07, 6.45) is 0.643. The Kier molecular flexibility index (Phi) is 4.36. The number of para-hydroxylation sites is 1. The Labute approximate surface area is 159 Å². The zero-order chi connectivity index (χ0) is 18.9. The third-order valence-electron chi connectivity index (χ3n) is 5.27. The fourth-order valence-electron chi connectivity index (χ4n) is 3.96. The topological polar surface area (TPSA) is 46.2 Å². The molecule has 4 rings (SSSR count). The number of Topliss-reactive ketones (excluding diaryl/α,β-unsaturated/α-hetero) is 1. The minimum Gasteiger partial charge on any atom is -0.325 e. The van der Waals surface area contributed by atoms with E-state index in [0.29, 0.717) is 12.0 Å². The lowest BCUT2D eigenvalue weighted by molar-refractivity contribution is -0.120. The number of rotatable bonds is 5. The smallest absolute Gasteiger partial charge is 0.235 e. The lowest BCUT2D eigenvalue weighted by Crippen LogP contribution is -2.39. The first kappa shape index (κ1) is 17.2. The molecule has 1 aliphatic heterocycles. The number of carbonyl (C=O) groups excluding carboxylic acids is 2. The zero-order valence-electron chi connectivity index (χ0n) is 15.2. The molecule has 0 saturated heterocycles. The minimum atomic E-state index is -0.892. The van der Waals surface area contributed by atoms with Gasteiger partial charge in [-0.25, -0.2) is 0 Å². The largest absolute Gasteiger partial charge is 0.325 e. The Balaban J connectivity index is 1.78. The van der Waals surface area contributed by atoms with Crippen LogP contribution in [0.1, 0.15) is 33.5 Å². The van der Waals surface area contributed by atoms with E-state index < -0.39 is 5.41 Å². The number of hydrogen-bond donors (Lipinski definition) is 1. The molecule has 3 aromatic rings. The summed E-state index contributed by atoms with van der Waals surface area (Å²) in [5, 5.41) is 2.99. The SMILES string of the molecule is Cc1cccc(C[C@@]2(CC(=O)c3ccccc3)C(=O)Nc3ccccc32)c1. The number of ketones is 1. The van der Waals surface area contributed by atoms with Crippen LogP contribution in [0.15, 0.2) is 78.9 Å². The summed E-state index contributed by atoms with van der Waals surface area (Å²) in [7, 11) is 0. The minimum absolute atomic E-state index is 0.0184. The Bertz CT molecular complexity index is 1010. The molecule has 134 valence electrons. The van der Waals surface area contributed by atoms with E-state index in [9.17, 15) is 9.59 Å². The highest BCUT2D eigenvalue weighted by molar-refractivity contribution is 6.10. The molecule has 0 fully saturated rings. The molecule has 0 saturated carbocycles. The molecule has 0 radical (unpaired) electrons. The van der Waals surface area contributed by atoms with Gasteiger partial charge in [0.25, 0.3) is 0 Å². The third-order valence-corrected chi connectivity index (χ3v) is 5.27. The van der Waals surface area contributed by atoms with E-state index in [4.69, 9.17) is 0 Å². The van der Waals surface area contributed by atoms with Crippen LogP contribution < -0.4 is 5.32 Å². The van der Waals surface area contributed by atoms with Crippen LogP contribution in [0.2, 0.25) is 0 Å². The molecule has 27 heavy (non-hydrogen) atoms. The van der Waals surface area contributed by atoms with Crippen LogP contribution in [0.3, 0.4) is 0 Å². The van der Waals surface area contributed by atoms with Crippen molar-refractivity contribution in [3.05, 3.63) is 101 Å². The number of anilines is 1. The molecule has 0 unspecified atom stereocenters. The van der Waals surface area contributed by atoms with E-state index in [-0.39, 0.29) is 18.1 Å². The van der Waals surface area contributed by atoms with Gasteiger partial charge in [0.05, 0.1) is 5.41 Å². The van der Waals surface area contributed by atoms with E-state index in [1.165, 1.54) is 0 Å². The highest BCUT2D eigenvalue weighted by atomic mass is 16.2. The lowest BCUT2D eigenvalue weighted by atomic mass is 9.72. The van der Waals surface area contributed by atoms with Gasteiger partial charge in [-0.2, -0.15) is 0 Å². The molecular formula is C24H21NO2. The highest BCUT2D eigenvalue weighted by Crippen LogP contribution is 2.43. The standard InChI is InChI=1S/C24H21NO2/c1-17-8-7-9-18(14-17)15-24(16-22(26)19-10-3-2-4-11-19)20-12-5-6-13-21(20)25-23(24)27/h2-14H,15-16H2,1H3,(H,25,27)/t24-/m0/s1. The Hall–Kier alpha value is -3.20. The molecule has 3 heteroatoms. The van der Waals surface area contributed by atoms with Crippen molar-refractivity contribution in [2.24, 2.45) is 0 Å². The maximum atomic E-state index is 13.1. The predicted octanol–water partition coefficient (Wildman–Crippen LogP) is 4.70. The van der Waals surface area contributed by atoms with E-state index >= 15 is 0 Å². The molecular weight excluding hydrogens is 334 g/mol. The second-order valence-corrected chi connectivity index (χ2v) is 7.21. The summed E-state index contributed by atoms with van der Waals surface area (Å²) >= 11 is 0. The average Bonchev–Trinajstić information content (AvgIpc) is 2.94. The summed E-state index contributed by atoms with van der Waals surface area (Å²) in [5.74, 6) is -0.121. The van der Waals surface area contributed by atoms with Gasteiger partial charge in [0, 0.05) is 17.7 Å². The number of aryl methyl sites for hydroxylation is 1. The van der Waals surface area contributed by atoms with E-state index in [1.54, 1.807) is 0 Å². The van der Waals surface area contributed by atoms with Gasteiger partial charge in [0.2, 0.25) is 5.91 Å². The molecule has 1 heterocycles. The fraction of sp³-hybridized carbons (Fsp3) is 0.167. The number of amides is 1. The van der Waals surface area contributed by atoms with Crippen LogP contribution >= 0.6 is 0 Å². The summed E-state index contributed by atoms with van der Waals surface area (Å²) < 4.78 is 0. The second-order valence-electron chi connectivity index (χ2n) is 7.21. The van der Waals surface area contributed by atoms with Crippen molar-refractivity contribution in [2.75, 3.05) is 5.32 Å². The second kappa shape index (κ2) is 6.84. The van der Waals surface area contributed by atoms with E-state index in [0.717, 1.165) is 22.4 Å². The van der Waals surface area contributed by atoms with Gasteiger partial charge in [-0.15, -0.1) is 0 Å². The fourth-order valence-corrected chi connectivity index (χ4v) is 3.96. The van der Waals surface area contributed by atoms with Crippen LogP contribution in [0.4, 0.5) is 5.69 Å². The van der Waals surface area contributed by atoms with Crippen molar-refractivity contribution in [3.63, 3.8) is 0 Å². The van der Waals surface area contributed by atoms with Crippen molar-refractivity contribution in [3.8, 4) is 0 Å². The third kappa shape index (κ3) is 3.17. The number of nitrogens with one attached hydrogen (secondary N) is 1. The summed E-state index contributed by atoms with van der Waals surface area (Å²) in [5.41, 5.74) is 3.65. The van der Waals surface area contributed by atoms with Gasteiger partial charge in [0.15, 0.2) is 5.78 Å². The molecule has 0 aromatic heterocycles. The van der Waals surface area contributed by atoms with Crippen molar-refractivity contribution < 1.29 is 9.59 Å². The molecule has 1 aliphatic rings. The van der Waals surface area contributed by atoms with Crippen LogP contribution in [-0.2, 0) is 16.6 Å². The average molecular weight is 355 g/mol. The molecule has 3 aromatic carbocycles.